The third-order valence-electron chi connectivity index (χ3n) is 4.57. The number of carbonyl (C=O) groups excluding carboxylic acids is 2. The first-order chi connectivity index (χ1) is 13.0. The van der Waals surface area contributed by atoms with E-state index in [0.717, 1.165) is 20.9 Å². The quantitative estimate of drug-likeness (QED) is 0.758. The third-order valence-corrected chi connectivity index (χ3v) is 5.52. The maximum Gasteiger partial charge on any atom is 0.229 e. The second-order valence-electron chi connectivity index (χ2n) is 6.47. The fourth-order valence-corrected chi connectivity index (χ4v) is 4.01. The maximum atomic E-state index is 12.5. The van der Waals surface area contributed by atoms with Crippen LogP contribution in [0.2, 0.25) is 0 Å². The van der Waals surface area contributed by atoms with Crippen molar-refractivity contribution in [1.29, 1.82) is 5.26 Å². The van der Waals surface area contributed by atoms with Crippen molar-refractivity contribution in [2.45, 2.75) is 13.3 Å². The molecule has 4 rings (SSSR count). The number of aryl methyl sites for hydroxylation is 1. The van der Waals surface area contributed by atoms with Gasteiger partial charge in [0.25, 0.3) is 0 Å². The number of nitrogens with one attached hydrogen (secondary N) is 1. The van der Waals surface area contributed by atoms with Gasteiger partial charge in [0.15, 0.2) is 0 Å². The summed E-state index contributed by atoms with van der Waals surface area (Å²) in [4.78, 5) is 31.1. The Kier molecular flexibility index (Phi) is 4.34. The minimum absolute atomic E-state index is 0.0683. The Balaban J connectivity index is 1.48. The highest BCUT2D eigenvalue weighted by Gasteiger charge is 2.35. The standard InChI is InChI=1S/C20H16N4O2S/c1-12-22-17-9-16(6-7-18(17)27-12)24-11-14(8-19(24)25)20(26)23-15-4-2-13(10-21)3-5-15/h2-7,9,14H,8,11H2,1H3,(H,23,26). The highest BCUT2D eigenvalue weighted by molar-refractivity contribution is 7.18. The first-order valence-electron chi connectivity index (χ1n) is 8.52. The minimum Gasteiger partial charge on any atom is -0.326 e. The third kappa shape index (κ3) is 3.39. The van der Waals surface area contributed by atoms with E-state index in [9.17, 15) is 9.59 Å². The van der Waals surface area contributed by atoms with Crippen molar-refractivity contribution in [3.8, 4) is 6.07 Å². The molecule has 27 heavy (non-hydrogen) atoms. The van der Waals surface area contributed by atoms with Crippen molar-refractivity contribution in [2.75, 3.05) is 16.8 Å². The molecule has 1 fully saturated rings. The lowest BCUT2D eigenvalue weighted by molar-refractivity contribution is -0.122. The molecule has 0 saturated carbocycles. The van der Waals surface area contributed by atoms with Crippen LogP contribution in [0.25, 0.3) is 10.2 Å². The summed E-state index contributed by atoms with van der Waals surface area (Å²) in [7, 11) is 0. The summed E-state index contributed by atoms with van der Waals surface area (Å²) in [6.07, 6.45) is 0.177. The Morgan fingerprint density at radius 1 is 1.30 bits per heavy atom. The van der Waals surface area contributed by atoms with Crippen molar-refractivity contribution in [1.82, 2.24) is 4.98 Å². The molecule has 134 valence electrons. The Hall–Kier alpha value is -3.24. The van der Waals surface area contributed by atoms with E-state index in [2.05, 4.69) is 10.3 Å². The highest BCUT2D eigenvalue weighted by Crippen LogP contribution is 2.30. The van der Waals surface area contributed by atoms with Gasteiger partial charge in [-0.15, -0.1) is 11.3 Å². The summed E-state index contributed by atoms with van der Waals surface area (Å²) in [5.41, 5.74) is 2.78. The van der Waals surface area contributed by atoms with Gasteiger partial charge in [-0.2, -0.15) is 5.26 Å². The Labute approximate surface area is 160 Å². The second kappa shape index (κ2) is 6.82. The van der Waals surface area contributed by atoms with E-state index in [1.807, 2.05) is 31.2 Å². The van der Waals surface area contributed by atoms with Crippen LogP contribution in [-0.4, -0.2) is 23.3 Å². The molecule has 3 aromatic rings. The van der Waals surface area contributed by atoms with Gasteiger partial charge in [-0.25, -0.2) is 4.98 Å². The van der Waals surface area contributed by atoms with Crippen LogP contribution in [0.1, 0.15) is 17.0 Å². The van der Waals surface area contributed by atoms with Gasteiger partial charge in [0.1, 0.15) is 0 Å². The number of nitrogens with zero attached hydrogens (tertiary/aromatic N) is 3. The second-order valence-corrected chi connectivity index (χ2v) is 7.70. The molecule has 1 aliphatic rings. The molecular weight excluding hydrogens is 360 g/mol. The molecule has 2 aromatic carbocycles. The lowest BCUT2D eigenvalue weighted by Crippen LogP contribution is -2.28. The maximum absolute atomic E-state index is 12.5. The zero-order valence-electron chi connectivity index (χ0n) is 14.6. The van der Waals surface area contributed by atoms with Crippen molar-refractivity contribution >= 4 is 44.7 Å². The monoisotopic (exact) mass is 376 g/mol. The molecule has 6 nitrogen and oxygen atoms in total. The number of hydrogen-bond donors (Lipinski definition) is 1. The van der Waals surface area contributed by atoms with Crippen LogP contribution in [0.3, 0.4) is 0 Å². The first kappa shape index (κ1) is 17.2. The smallest absolute Gasteiger partial charge is 0.229 e. The molecular formula is C20H16N4O2S. The van der Waals surface area contributed by atoms with Gasteiger partial charge in [-0.1, -0.05) is 0 Å². The number of benzene rings is 2. The SMILES string of the molecule is Cc1nc2cc(N3CC(C(=O)Nc4ccc(C#N)cc4)CC3=O)ccc2s1. The van der Waals surface area contributed by atoms with Gasteiger partial charge in [0.2, 0.25) is 11.8 Å². The normalized spacial score (nSPS) is 16.5. The van der Waals surface area contributed by atoms with Gasteiger partial charge in [-0.05, 0) is 49.4 Å². The molecule has 1 aromatic heterocycles. The molecule has 1 N–H and O–H groups in total. The number of thiazole rings is 1. The predicted molar refractivity (Wildman–Crippen MR) is 105 cm³/mol. The van der Waals surface area contributed by atoms with E-state index < -0.39 is 5.92 Å². The minimum atomic E-state index is -0.416. The summed E-state index contributed by atoms with van der Waals surface area (Å²) < 4.78 is 1.08. The zero-order chi connectivity index (χ0) is 19.0. The lowest BCUT2D eigenvalue weighted by Gasteiger charge is -2.16. The van der Waals surface area contributed by atoms with Gasteiger partial charge in [0.05, 0.1) is 32.8 Å². The van der Waals surface area contributed by atoms with E-state index in [0.29, 0.717) is 17.8 Å². The molecule has 0 radical (unpaired) electrons. The highest BCUT2D eigenvalue weighted by atomic mass is 32.1. The van der Waals surface area contributed by atoms with Crippen LogP contribution in [-0.2, 0) is 9.59 Å². The van der Waals surface area contributed by atoms with Gasteiger partial charge in [0, 0.05) is 24.3 Å². The number of aromatic nitrogens is 1. The summed E-state index contributed by atoms with van der Waals surface area (Å²) in [5, 5.41) is 12.6. The number of hydrogen-bond acceptors (Lipinski definition) is 5. The molecule has 2 heterocycles. The number of carbonyl (C=O) groups is 2. The average Bonchev–Trinajstić information content (AvgIpc) is 3.23. The van der Waals surface area contributed by atoms with Crippen molar-refractivity contribution < 1.29 is 9.59 Å². The largest absolute Gasteiger partial charge is 0.326 e. The number of amides is 2. The summed E-state index contributed by atoms with van der Waals surface area (Å²) in [6, 6.07) is 14.5. The molecule has 0 bridgehead atoms. The topological polar surface area (TPSA) is 86.1 Å². The average molecular weight is 376 g/mol. The molecule has 0 aliphatic carbocycles. The fourth-order valence-electron chi connectivity index (χ4n) is 3.20. The fraction of sp³-hybridized carbons (Fsp3) is 0.200. The molecule has 7 heteroatoms. The summed E-state index contributed by atoms with van der Waals surface area (Å²) in [5.74, 6) is -0.677. The van der Waals surface area contributed by atoms with Crippen LogP contribution >= 0.6 is 11.3 Å². The van der Waals surface area contributed by atoms with Gasteiger partial charge >= 0.3 is 0 Å². The number of rotatable bonds is 3. The predicted octanol–water partition coefficient (Wildman–Crippen LogP) is 3.47. The van der Waals surface area contributed by atoms with Crippen molar-refractivity contribution in [3.63, 3.8) is 0 Å². The van der Waals surface area contributed by atoms with Crippen LogP contribution < -0.4 is 10.2 Å². The van der Waals surface area contributed by atoms with Crippen LogP contribution in [0, 0.1) is 24.2 Å². The number of fused-ring (bicyclic) bond motifs is 1. The Morgan fingerprint density at radius 3 is 2.81 bits per heavy atom. The first-order valence-corrected chi connectivity index (χ1v) is 9.34. The van der Waals surface area contributed by atoms with Crippen LogP contribution in [0.4, 0.5) is 11.4 Å². The number of anilines is 2. The molecule has 0 spiro atoms. The zero-order valence-corrected chi connectivity index (χ0v) is 15.4. The Morgan fingerprint density at radius 2 is 2.07 bits per heavy atom. The molecule has 1 aliphatic heterocycles. The number of nitriles is 1. The van der Waals surface area contributed by atoms with Crippen molar-refractivity contribution in [2.24, 2.45) is 5.92 Å². The van der Waals surface area contributed by atoms with E-state index in [1.165, 1.54) is 0 Å². The van der Waals surface area contributed by atoms with Gasteiger partial charge < -0.3 is 10.2 Å². The molecule has 1 atom stereocenters. The summed E-state index contributed by atoms with van der Waals surface area (Å²) in [6.45, 7) is 2.30. The van der Waals surface area contributed by atoms with E-state index in [-0.39, 0.29) is 18.2 Å². The summed E-state index contributed by atoms with van der Waals surface area (Å²) >= 11 is 1.61. The van der Waals surface area contributed by atoms with E-state index in [1.54, 1.807) is 40.5 Å². The van der Waals surface area contributed by atoms with Crippen LogP contribution in [0.15, 0.2) is 42.5 Å². The van der Waals surface area contributed by atoms with E-state index >= 15 is 0 Å². The lowest BCUT2D eigenvalue weighted by atomic mass is 10.1. The van der Waals surface area contributed by atoms with Crippen molar-refractivity contribution in [3.05, 3.63) is 53.0 Å². The Bertz CT molecular complexity index is 1080. The van der Waals surface area contributed by atoms with Gasteiger partial charge in [-0.3, -0.25) is 9.59 Å². The van der Waals surface area contributed by atoms with E-state index in [4.69, 9.17) is 5.26 Å². The molecule has 1 unspecified atom stereocenters. The molecule has 2 amide bonds. The molecule has 1 saturated heterocycles. The van der Waals surface area contributed by atoms with Crippen LogP contribution in [0.5, 0.6) is 0 Å².